The molecule has 0 saturated heterocycles. The van der Waals surface area contributed by atoms with E-state index >= 15 is 0 Å². The molecule has 1 amide bonds. The minimum Gasteiger partial charge on any atom is -0.462 e. The summed E-state index contributed by atoms with van der Waals surface area (Å²) < 4.78 is 6.93. The highest BCUT2D eigenvalue weighted by molar-refractivity contribution is 7.99. The Labute approximate surface area is 182 Å². The molecule has 0 radical (unpaired) electrons. The number of hydrogen-bond donors (Lipinski definition) is 1. The summed E-state index contributed by atoms with van der Waals surface area (Å²) >= 11 is 2.59. The average Bonchev–Trinajstić information content (AvgIpc) is 3.30. The summed E-state index contributed by atoms with van der Waals surface area (Å²) in [5.41, 5.74) is 1.20. The molecule has 0 aromatic carbocycles. The molecule has 3 aromatic rings. The van der Waals surface area contributed by atoms with Gasteiger partial charge in [0.1, 0.15) is 5.00 Å². The molecule has 0 fully saturated rings. The van der Waals surface area contributed by atoms with Crippen LogP contribution >= 0.6 is 23.1 Å². The zero-order valence-corrected chi connectivity index (χ0v) is 18.3. The normalized spacial score (nSPS) is 10.6. The van der Waals surface area contributed by atoms with Crippen molar-refractivity contribution >= 4 is 40.0 Å². The maximum Gasteiger partial charge on any atom is 0.341 e. The van der Waals surface area contributed by atoms with Gasteiger partial charge in [0.05, 0.1) is 17.9 Å². The molecule has 3 heterocycles. The third kappa shape index (κ3) is 5.14. The summed E-state index contributed by atoms with van der Waals surface area (Å²) in [6.45, 7) is 8.17. The second kappa shape index (κ2) is 10.2. The number of carbonyl (C=O) groups is 2. The first-order valence-electron chi connectivity index (χ1n) is 9.18. The lowest BCUT2D eigenvalue weighted by atomic mass is 10.3. The number of amides is 1. The van der Waals surface area contributed by atoms with Crippen LogP contribution in [0.25, 0.3) is 11.4 Å². The van der Waals surface area contributed by atoms with E-state index in [4.69, 9.17) is 4.74 Å². The first-order chi connectivity index (χ1) is 14.5. The van der Waals surface area contributed by atoms with Crippen LogP contribution in [0.2, 0.25) is 0 Å². The van der Waals surface area contributed by atoms with E-state index in [0.29, 0.717) is 28.1 Å². The minimum atomic E-state index is -0.448. The molecule has 0 aliphatic carbocycles. The topological polar surface area (TPSA) is 99.0 Å². The van der Waals surface area contributed by atoms with Gasteiger partial charge in [0.25, 0.3) is 0 Å². The molecule has 0 bridgehead atoms. The van der Waals surface area contributed by atoms with Crippen molar-refractivity contribution in [3.63, 3.8) is 0 Å². The van der Waals surface area contributed by atoms with Gasteiger partial charge in [0.2, 0.25) is 5.91 Å². The van der Waals surface area contributed by atoms with Crippen LogP contribution in [0.4, 0.5) is 5.00 Å². The molecular weight excluding hydrogens is 422 g/mol. The Bertz CT molecular complexity index is 1050. The number of nitrogens with zero attached hydrogens (tertiary/aromatic N) is 4. The minimum absolute atomic E-state index is 0.113. The molecule has 0 aliphatic heterocycles. The predicted molar refractivity (Wildman–Crippen MR) is 118 cm³/mol. The van der Waals surface area contributed by atoms with E-state index < -0.39 is 5.97 Å². The highest BCUT2D eigenvalue weighted by Crippen LogP contribution is 2.29. The third-order valence-electron chi connectivity index (χ3n) is 3.88. The number of ether oxygens (including phenoxy) is 1. The Hall–Kier alpha value is -2.98. The summed E-state index contributed by atoms with van der Waals surface area (Å²) in [5, 5.41) is 12.3. The quantitative estimate of drug-likeness (QED) is 0.305. The number of nitrogens with one attached hydrogen (secondary N) is 1. The summed E-state index contributed by atoms with van der Waals surface area (Å²) in [6.07, 6.45) is 5.14. The van der Waals surface area contributed by atoms with Crippen molar-refractivity contribution in [2.45, 2.75) is 25.5 Å². The number of carbonyl (C=O) groups excluding carboxylic acids is 2. The second-order valence-electron chi connectivity index (χ2n) is 6.10. The number of aryl methyl sites for hydroxylation is 1. The Balaban J connectivity index is 1.71. The number of anilines is 1. The van der Waals surface area contributed by atoms with Crippen LogP contribution in [0.5, 0.6) is 0 Å². The molecule has 0 spiro atoms. The lowest BCUT2D eigenvalue weighted by molar-refractivity contribution is -0.113. The molecular formula is C20H21N5O3S2. The molecule has 156 valence electrons. The number of hydrogen-bond acceptors (Lipinski definition) is 8. The Kier molecular flexibility index (Phi) is 7.36. The van der Waals surface area contributed by atoms with Crippen molar-refractivity contribution in [3.8, 4) is 11.4 Å². The smallest absolute Gasteiger partial charge is 0.341 e. The van der Waals surface area contributed by atoms with Crippen molar-refractivity contribution in [3.05, 3.63) is 53.7 Å². The first-order valence-corrected chi connectivity index (χ1v) is 11.0. The van der Waals surface area contributed by atoms with Gasteiger partial charge in [-0.1, -0.05) is 17.8 Å². The standard InChI is InChI=1S/C20H21N5O3S2/c1-4-9-25-17(14-7-6-8-21-11-14)23-24-20(25)29-12-16(26)22-18-15(10-13(3)30-18)19(27)28-5-2/h4,6-8,10-11H,1,5,9,12H2,2-3H3,(H,22,26). The summed E-state index contributed by atoms with van der Waals surface area (Å²) in [6, 6.07) is 5.44. The largest absolute Gasteiger partial charge is 0.462 e. The molecule has 3 aromatic heterocycles. The van der Waals surface area contributed by atoms with E-state index in [1.54, 1.807) is 31.5 Å². The van der Waals surface area contributed by atoms with Crippen molar-refractivity contribution in [1.29, 1.82) is 0 Å². The lowest BCUT2D eigenvalue weighted by Crippen LogP contribution is -2.16. The fraction of sp³-hybridized carbons (Fsp3) is 0.250. The summed E-state index contributed by atoms with van der Waals surface area (Å²) in [7, 11) is 0. The molecule has 1 N–H and O–H groups in total. The van der Waals surface area contributed by atoms with E-state index in [1.165, 1.54) is 23.1 Å². The number of esters is 1. The summed E-state index contributed by atoms with van der Waals surface area (Å²) in [4.78, 5) is 29.6. The second-order valence-corrected chi connectivity index (χ2v) is 8.30. The first kappa shape index (κ1) is 21.7. The Morgan fingerprint density at radius 3 is 2.93 bits per heavy atom. The maximum atomic E-state index is 12.5. The van der Waals surface area contributed by atoms with E-state index in [0.717, 1.165) is 10.4 Å². The molecule has 0 atom stereocenters. The van der Waals surface area contributed by atoms with Gasteiger partial charge >= 0.3 is 5.97 Å². The van der Waals surface area contributed by atoms with E-state index in [2.05, 4.69) is 27.1 Å². The highest BCUT2D eigenvalue weighted by Gasteiger charge is 2.19. The van der Waals surface area contributed by atoms with Crippen LogP contribution in [0.15, 0.2) is 48.4 Å². The number of allylic oxidation sites excluding steroid dienone is 1. The number of thioether (sulfide) groups is 1. The monoisotopic (exact) mass is 443 g/mol. The van der Waals surface area contributed by atoms with Crippen LogP contribution in [0, 0.1) is 6.92 Å². The number of aromatic nitrogens is 4. The molecule has 8 nitrogen and oxygen atoms in total. The van der Waals surface area contributed by atoms with Crippen LogP contribution in [-0.2, 0) is 16.1 Å². The van der Waals surface area contributed by atoms with Gasteiger partial charge in [0.15, 0.2) is 11.0 Å². The van der Waals surface area contributed by atoms with Gasteiger partial charge in [-0.15, -0.1) is 28.1 Å². The van der Waals surface area contributed by atoms with Crippen molar-refractivity contribution in [2.24, 2.45) is 0 Å². The van der Waals surface area contributed by atoms with Gasteiger partial charge in [-0.3, -0.25) is 14.3 Å². The Morgan fingerprint density at radius 2 is 2.23 bits per heavy atom. The lowest BCUT2D eigenvalue weighted by Gasteiger charge is -2.08. The fourth-order valence-corrected chi connectivity index (χ4v) is 4.32. The third-order valence-corrected chi connectivity index (χ3v) is 5.82. The van der Waals surface area contributed by atoms with Crippen molar-refractivity contribution in [2.75, 3.05) is 17.7 Å². The molecule has 3 rings (SSSR count). The van der Waals surface area contributed by atoms with Gasteiger partial charge in [-0.2, -0.15) is 0 Å². The van der Waals surface area contributed by atoms with E-state index in [9.17, 15) is 9.59 Å². The predicted octanol–water partition coefficient (Wildman–Crippen LogP) is 3.80. The highest BCUT2D eigenvalue weighted by atomic mass is 32.2. The van der Waals surface area contributed by atoms with Gasteiger partial charge in [0, 0.05) is 29.4 Å². The van der Waals surface area contributed by atoms with E-state index in [-0.39, 0.29) is 18.3 Å². The average molecular weight is 444 g/mol. The number of pyridine rings is 1. The molecule has 0 saturated carbocycles. The molecule has 0 unspecified atom stereocenters. The maximum absolute atomic E-state index is 12.5. The number of rotatable bonds is 9. The van der Waals surface area contributed by atoms with Crippen molar-refractivity contribution in [1.82, 2.24) is 19.7 Å². The van der Waals surface area contributed by atoms with Gasteiger partial charge in [-0.05, 0) is 32.0 Å². The van der Waals surface area contributed by atoms with Crippen molar-refractivity contribution < 1.29 is 14.3 Å². The molecule has 10 heteroatoms. The van der Waals surface area contributed by atoms with Gasteiger partial charge in [-0.25, -0.2) is 4.79 Å². The number of thiophene rings is 1. The fourth-order valence-electron chi connectivity index (χ4n) is 2.66. The molecule has 0 aliphatic rings. The Morgan fingerprint density at radius 1 is 1.40 bits per heavy atom. The van der Waals surface area contributed by atoms with Crippen LogP contribution in [0.1, 0.15) is 22.2 Å². The van der Waals surface area contributed by atoms with Gasteiger partial charge < -0.3 is 10.1 Å². The summed E-state index contributed by atoms with van der Waals surface area (Å²) in [5.74, 6) is 0.0751. The van der Waals surface area contributed by atoms with Crippen LogP contribution in [-0.4, -0.2) is 44.0 Å². The van der Waals surface area contributed by atoms with Crippen LogP contribution < -0.4 is 5.32 Å². The molecule has 30 heavy (non-hydrogen) atoms. The van der Waals surface area contributed by atoms with E-state index in [1.807, 2.05) is 23.6 Å². The zero-order chi connectivity index (χ0) is 21.5. The zero-order valence-electron chi connectivity index (χ0n) is 16.6. The van der Waals surface area contributed by atoms with Crippen LogP contribution in [0.3, 0.4) is 0 Å². The SMILES string of the molecule is C=CCn1c(SCC(=O)Nc2sc(C)cc2C(=O)OCC)nnc1-c1cccnc1.